The Morgan fingerprint density at radius 2 is 1.92 bits per heavy atom. The van der Waals surface area contributed by atoms with Gasteiger partial charge in [0.25, 0.3) is 11.1 Å². The van der Waals surface area contributed by atoms with Gasteiger partial charge in [-0.2, -0.15) is 0 Å². The highest BCUT2D eigenvalue weighted by Crippen LogP contribution is 2.36. The van der Waals surface area contributed by atoms with Crippen LogP contribution in [-0.2, 0) is 9.59 Å². The number of hydrogen-bond acceptors (Lipinski definition) is 6. The molecule has 2 aromatic carbocycles. The molecule has 0 aromatic heterocycles. The van der Waals surface area contributed by atoms with Crippen LogP contribution in [0.2, 0.25) is 5.02 Å². The molecule has 2 aromatic rings. The second kappa shape index (κ2) is 7.63. The van der Waals surface area contributed by atoms with E-state index in [9.17, 15) is 19.5 Å². The quantitative estimate of drug-likeness (QED) is 0.732. The van der Waals surface area contributed by atoms with Gasteiger partial charge in [-0.1, -0.05) is 29.8 Å². The second-order valence-corrected chi connectivity index (χ2v) is 6.66. The minimum Gasteiger partial charge on any atom is -0.546 e. The molecular weight excluding hydrogens is 378 g/mol. The summed E-state index contributed by atoms with van der Waals surface area (Å²) in [5.74, 6) is -1.39. The molecule has 0 saturated carbocycles. The molecule has 0 atom stereocenters. The van der Waals surface area contributed by atoms with Crippen molar-refractivity contribution in [1.29, 1.82) is 0 Å². The summed E-state index contributed by atoms with van der Waals surface area (Å²) in [5, 5.41) is 10.4. The van der Waals surface area contributed by atoms with E-state index in [1.165, 1.54) is 0 Å². The lowest BCUT2D eigenvalue weighted by Gasteiger charge is -2.12. The van der Waals surface area contributed by atoms with Crippen LogP contribution in [0.5, 0.6) is 5.75 Å². The van der Waals surface area contributed by atoms with Crippen LogP contribution in [0.4, 0.5) is 10.5 Å². The van der Waals surface area contributed by atoms with Crippen LogP contribution in [-0.4, -0.2) is 23.7 Å². The molecule has 8 heteroatoms. The third-order valence-electron chi connectivity index (χ3n) is 3.39. The third-order valence-corrected chi connectivity index (χ3v) is 4.50. The Balaban J connectivity index is 1.78. The van der Waals surface area contributed by atoms with Crippen molar-refractivity contribution in [3.8, 4) is 5.75 Å². The molecule has 0 unspecified atom stereocenters. The molecule has 132 valence electrons. The number of amides is 2. The molecule has 1 aliphatic heterocycles. The number of carboxylic acid groups (broad SMARTS) is 1. The van der Waals surface area contributed by atoms with Gasteiger partial charge in [0.2, 0.25) is 0 Å². The van der Waals surface area contributed by atoms with Crippen molar-refractivity contribution < 1.29 is 24.2 Å². The molecule has 1 heterocycles. The molecule has 3 rings (SSSR count). The topological polar surface area (TPSA) is 86.7 Å². The summed E-state index contributed by atoms with van der Waals surface area (Å²) >= 11 is 6.76. The van der Waals surface area contributed by atoms with Gasteiger partial charge >= 0.3 is 0 Å². The van der Waals surface area contributed by atoms with Crippen molar-refractivity contribution in [2.45, 2.75) is 0 Å². The van der Waals surface area contributed by atoms with Crippen LogP contribution in [0.3, 0.4) is 0 Å². The second-order valence-electron chi connectivity index (χ2n) is 5.23. The largest absolute Gasteiger partial charge is 0.546 e. The normalized spacial score (nSPS) is 15.6. The average Bonchev–Trinajstić information content (AvgIpc) is 2.88. The number of nitrogens with zero attached hydrogens (tertiary/aromatic N) is 1. The van der Waals surface area contributed by atoms with Gasteiger partial charge in [-0.3, -0.25) is 9.59 Å². The lowest BCUT2D eigenvalue weighted by Crippen LogP contribution is -2.28. The Morgan fingerprint density at radius 3 is 2.58 bits per heavy atom. The number of imide groups is 1. The van der Waals surface area contributed by atoms with Crippen LogP contribution in [0.25, 0.3) is 6.08 Å². The van der Waals surface area contributed by atoms with E-state index in [1.54, 1.807) is 54.6 Å². The summed E-state index contributed by atoms with van der Waals surface area (Å²) in [4.78, 5) is 36.5. The molecule has 0 N–H and O–H groups in total. The minimum absolute atomic E-state index is 0.276. The first-order chi connectivity index (χ1) is 12.4. The maximum atomic E-state index is 12.6. The molecule has 1 aliphatic rings. The zero-order chi connectivity index (χ0) is 18.7. The predicted octanol–water partition coefficient (Wildman–Crippen LogP) is 2.71. The third kappa shape index (κ3) is 4.07. The molecule has 0 aliphatic carbocycles. The Labute approximate surface area is 158 Å². The van der Waals surface area contributed by atoms with Crippen molar-refractivity contribution >= 4 is 52.2 Å². The minimum atomic E-state index is -1.32. The summed E-state index contributed by atoms with van der Waals surface area (Å²) in [6.07, 6.45) is 1.58. The fraction of sp³-hybridized carbons (Fsp3) is 0.0556. The Kier molecular flexibility index (Phi) is 5.29. The first kappa shape index (κ1) is 18.0. The summed E-state index contributed by atoms with van der Waals surface area (Å²) < 4.78 is 4.99. The van der Waals surface area contributed by atoms with E-state index in [1.807, 2.05) is 0 Å². The van der Waals surface area contributed by atoms with E-state index in [0.717, 1.165) is 16.7 Å². The van der Waals surface area contributed by atoms with Crippen LogP contribution in [0, 0.1) is 0 Å². The monoisotopic (exact) mass is 388 g/mol. The lowest BCUT2D eigenvalue weighted by atomic mass is 10.2. The standard InChI is InChI=1S/C18H12ClNO5S/c19-12-2-1-3-13(9-12)20-17(23)15(26-18(20)24)8-11-4-6-14(7-5-11)25-10-16(21)22/h1-9H,10H2,(H,21,22)/p-1/b15-8-. The summed E-state index contributed by atoms with van der Waals surface area (Å²) in [5.41, 5.74) is 1.08. The number of benzene rings is 2. The van der Waals surface area contributed by atoms with Crippen molar-refractivity contribution in [1.82, 2.24) is 0 Å². The summed E-state index contributed by atoms with van der Waals surface area (Å²) in [7, 11) is 0. The molecule has 0 radical (unpaired) electrons. The van der Waals surface area contributed by atoms with Gasteiger partial charge in [-0.15, -0.1) is 0 Å². The van der Waals surface area contributed by atoms with Gasteiger partial charge in [0.1, 0.15) is 12.4 Å². The Bertz CT molecular complexity index is 910. The number of thioether (sulfide) groups is 1. The fourth-order valence-corrected chi connectivity index (χ4v) is 3.29. The number of halogens is 1. The smallest absolute Gasteiger partial charge is 0.298 e. The SMILES string of the molecule is O=C([O-])COc1ccc(/C=C2\SC(=O)N(c3cccc(Cl)c3)C2=O)cc1. The van der Waals surface area contributed by atoms with Crippen LogP contribution < -0.4 is 14.7 Å². The molecule has 26 heavy (non-hydrogen) atoms. The van der Waals surface area contributed by atoms with Crippen molar-refractivity contribution in [3.05, 3.63) is 64.0 Å². The maximum absolute atomic E-state index is 12.6. The molecule has 1 fully saturated rings. The van der Waals surface area contributed by atoms with Crippen LogP contribution in [0.15, 0.2) is 53.4 Å². The molecular formula is C18H11ClNO5S-. The van der Waals surface area contributed by atoms with Crippen molar-refractivity contribution in [3.63, 3.8) is 0 Å². The number of carboxylic acids is 1. The van der Waals surface area contributed by atoms with Crippen LogP contribution >= 0.6 is 23.4 Å². The van der Waals surface area contributed by atoms with E-state index < -0.39 is 23.7 Å². The predicted molar refractivity (Wildman–Crippen MR) is 96.8 cm³/mol. The van der Waals surface area contributed by atoms with Crippen LogP contribution in [0.1, 0.15) is 5.56 Å². The number of rotatable bonds is 5. The number of carbonyl (C=O) groups excluding carboxylic acids is 3. The molecule has 0 bridgehead atoms. The van der Waals surface area contributed by atoms with Crippen molar-refractivity contribution in [2.24, 2.45) is 0 Å². The lowest BCUT2D eigenvalue weighted by molar-refractivity contribution is -0.307. The molecule has 0 spiro atoms. The van der Waals surface area contributed by atoms with E-state index in [2.05, 4.69) is 0 Å². The van der Waals surface area contributed by atoms with E-state index in [-0.39, 0.29) is 4.91 Å². The first-order valence-corrected chi connectivity index (χ1v) is 8.60. The first-order valence-electron chi connectivity index (χ1n) is 7.40. The van der Waals surface area contributed by atoms with Gasteiger partial charge < -0.3 is 14.6 Å². The van der Waals surface area contributed by atoms with E-state index >= 15 is 0 Å². The van der Waals surface area contributed by atoms with E-state index in [4.69, 9.17) is 16.3 Å². The van der Waals surface area contributed by atoms with Gasteiger partial charge in [-0.05, 0) is 53.7 Å². The molecule has 1 saturated heterocycles. The molecule has 2 amide bonds. The average molecular weight is 389 g/mol. The summed E-state index contributed by atoms with van der Waals surface area (Å²) in [6.45, 7) is -0.544. The Hall–Kier alpha value is -2.77. The van der Waals surface area contributed by atoms with Crippen molar-refractivity contribution in [2.75, 3.05) is 11.5 Å². The number of anilines is 1. The highest BCUT2D eigenvalue weighted by Gasteiger charge is 2.36. The highest BCUT2D eigenvalue weighted by atomic mass is 35.5. The number of ether oxygens (including phenoxy) is 1. The fourth-order valence-electron chi connectivity index (χ4n) is 2.26. The van der Waals surface area contributed by atoms with Gasteiger partial charge in [0.05, 0.1) is 16.6 Å². The summed E-state index contributed by atoms with van der Waals surface area (Å²) in [6, 6.07) is 12.9. The van der Waals surface area contributed by atoms with E-state index in [0.29, 0.717) is 22.0 Å². The zero-order valence-corrected chi connectivity index (χ0v) is 14.8. The number of hydrogen-bond donors (Lipinski definition) is 0. The van der Waals surface area contributed by atoms with Gasteiger partial charge in [0.15, 0.2) is 0 Å². The van der Waals surface area contributed by atoms with Gasteiger partial charge in [0, 0.05) is 5.02 Å². The maximum Gasteiger partial charge on any atom is 0.298 e. The number of carbonyl (C=O) groups is 3. The highest BCUT2D eigenvalue weighted by molar-refractivity contribution is 8.19. The van der Waals surface area contributed by atoms with Gasteiger partial charge in [-0.25, -0.2) is 4.90 Å². The Morgan fingerprint density at radius 1 is 1.19 bits per heavy atom. The molecule has 6 nitrogen and oxygen atoms in total. The number of aliphatic carboxylic acids is 1. The zero-order valence-electron chi connectivity index (χ0n) is 13.2.